The first-order chi connectivity index (χ1) is 14.2. The van der Waals surface area contributed by atoms with Crippen LogP contribution in [0.25, 0.3) is 0 Å². The lowest BCUT2D eigenvalue weighted by Crippen LogP contribution is -2.52. The monoisotopic (exact) mass is 418 g/mol. The molecule has 1 saturated heterocycles. The number of carbonyl (C=O) groups excluding carboxylic acids is 2. The molecule has 30 heavy (non-hydrogen) atoms. The number of aliphatic hydroxyl groups excluding tert-OH is 1. The molecule has 10 heteroatoms. The average molecular weight is 418 g/mol. The van der Waals surface area contributed by atoms with E-state index in [9.17, 15) is 27.9 Å². The third kappa shape index (κ3) is 3.18. The van der Waals surface area contributed by atoms with Crippen molar-refractivity contribution in [1.82, 2.24) is 10.2 Å². The molecular weight excluding hydrogens is 401 g/mol. The smallest absolute Gasteiger partial charge is 0.393 e. The summed E-state index contributed by atoms with van der Waals surface area (Å²) in [6, 6.07) is 11.2. The van der Waals surface area contributed by atoms with Crippen LogP contribution in [0, 0.1) is 11.3 Å². The number of urea groups is 1. The van der Waals surface area contributed by atoms with Crippen LogP contribution < -0.4 is 10.2 Å². The molecule has 1 aliphatic heterocycles. The zero-order valence-electron chi connectivity index (χ0n) is 15.8. The summed E-state index contributed by atoms with van der Waals surface area (Å²) in [7, 11) is 1.52. The van der Waals surface area contributed by atoms with Crippen molar-refractivity contribution in [3.05, 3.63) is 65.2 Å². The molecule has 0 saturated carbocycles. The van der Waals surface area contributed by atoms with Crippen molar-refractivity contribution >= 4 is 17.6 Å². The summed E-state index contributed by atoms with van der Waals surface area (Å²) in [5.74, 6) is -0.894. The van der Waals surface area contributed by atoms with Crippen LogP contribution in [-0.4, -0.2) is 42.3 Å². The van der Waals surface area contributed by atoms with Crippen molar-refractivity contribution in [2.75, 3.05) is 25.2 Å². The van der Waals surface area contributed by atoms with E-state index >= 15 is 0 Å². The molecule has 3 rings (SSSR count). The average Bonchev–Trinajstić information content (AvgIpc) is 2.95. The number of nitrogens with zero attached hydrogens (tertiary/aromatic N) is 3. The second-order valence-electron chi connectivity index (χ2n) is 6.59. The number of nitriles is 1. The Bertz CT molecular complexity index is 1020. The number of nitrogens with one attached hydrogen (secondary N) is 1. The largest absolute Gasteiger partial charge is 0.417 e. The maximum absolute atomic E-state index is 13.4. The molecule has 0 aromatic heterocycles. The minimum Gasteiger partial charge on any atom is -0.393 e. The van der Waals surface area contributed by atoms with E-state index in [1.165, 1.54) is 13.1 Å². The molecule has 1 unspecified atom stereocenters. The summed E-state index contributed by atoms with van der Waals surface area (Å²) < 4.78 is 40.1. The Morgan fingerprint density at radius 2 is 1.83 bits per heavy atom. The van der Waals surface area contributed by atoms with Crippen molar-refractivity contribution in [2.24, 2.45) is 0 Å². The molecule has 2 aromatic rings. The number of anilines is 1. The Morgan fingerprint density at radius 3 is 2.37 bits per heavy atom. The third-order valence-electron chi connectivity index (χ3n) is 4.92. The summed E-state index contributed by atoms with van der Waals surface area (Å²) in [5.41, 5.74) is -3.73. The highest BCUT2D eigenvalue weighted by Crippen LogP contribution is 2.41. The van der Waals surface area contributed by atoms with E-state index < -0.39 is 41.4 Å². The van der Waals surface area contributed by atoms with E-state index in [2.05, 4.69) is 5.32 Å². The first kappa shape index (κ1) is 21.3. The van der Waals surface area contributed by atoms with E-state index in [-0.39, 0.29) is 12.4 Å². The van der Waals surface area contributed by atoms with Gasteiger partial charge in [-0.05, 0) is 30.8 Å². The van der Waals surface area contributed by atoms with Gasteiger partial charge in [0.05, 0.1) is 36.2 Å². The highest BCUT2D eigenvalue weighted by molar-refractivity contribution is 6.23. The van der Waals surface area contributed by atoms with Gasteiger partial charge >= 0.3 is 12.2 Å². The fourth-order valence-corrected chi connectivity index (χ4v) is 3.50. The number of carbonyl (C=O) groups is 2. The van der Waals surface area contributed by atoms with Crippen LogP contribution in [0.5, 0.6) is 0 Å². The first-order valence-corrected chi connectivity index (χ1v) is 8.81. The number of benzene rings is 2. The summed E-state index contributed by atoms with van der Waals surface area (Å²) in [6.07, 6.45) is -4.86. The van der Waals surface area contributed by atoms with Crippen LogP contribution in [-0.2, 0) is 16.5 Å². The van der Waals surface area contributed by atoms with Gasteiger partial charge in [-0.2, -0.15) is 18.4 Å². The minimum absolute atomic E-state index is 0.140. The molecule has 1 fully saturated rings. The Hall–Kier alpha value is -3.42. The standard InChI is InChI=1S/C20H17F3N4O3/c1-25-12-26-18(30)27(15-8-7-13(10-24)16(9-15)20(21,22)23)17(29)19(26,11-28)14-5-3-2-4-6-14/h2-9,25,28H,11-12H2,1H3. The van der Waals surface area contributed by atoms with Crippen LogP contribution in [0.15, 0.2) is 48.5 Å². The number of imide groups is 1. The fraction of sp³-hybridized carbons (Fsp3) is 0.250. The van der Waals surface area contributed by atoms with Gasteiger partial charge in [-0.1, -0.05) is 30.3 Å². The van der Waals surface area contributed by atoms with E-state index in [1.54, 1.807) is 30.3 Å². The molecule has 0 radical (unpaired) electrons. The SMILES string of the molecule is CNCN1C(=O)N(c2ccc(C#N)c(C(F)(F)F)c2)C(=O)C1(CO)c1ccccc1. The molecule has 156 valence electrons. The lowest BCUT2D eigenvalue weighted by Gasteiger charge is -2.33. The van der Waals surface area contributed by atoms with Gasteiger partial charge in [0.1, 0.15) is 0 Å². The summed E-state index contributed by atoms with van der Waals surface area (Å²) >= 11 is 0. The molecule has 7 nitrogen and oxygen atoms in total. The molecule has 0 spiro atoms. The molecule has 1 heterocycles. The molecule has 0 bridgehead atoms. The molecule has 3 amide bonds. The molecule has 1 atom stereocenters. The van der Waals surface area contributed by atoms with Crippen molar-refractivity contribution in [1.29, 1.82) is 5.26 Å². The number of alkyl halides is 3. The Morgan fingerprint density at radius 1 is 1.17 bits per heavy atom. The van der Waals surface area contributed by atoms with E-state index in [0.29, 0.717) is 16.5 Å². The maximum atomic E-state index is 13.4. The molecular formula is C20H17F3N4O3. The van der Waals surface area contributed by atoms with Crippen LogP contribution in [0.4, 0.5) is 23.7 Å². The summed E-state index contributed by atoms with van der Waals surface area (Å²) in [4.78, 5) is 28.2. The topological polar surface area (TPSA) is 96.7 Å². The second-order valence-corrected chi connectivity index (χ2v) is 6.59. The van der Waals surface area contributed by atoms with Gasteiger partial charge in [0.15, 0.2) is 5.54 Å². The summed E-state index contributed by atoms with van der Waals surface area (Å²) in [6.45, 7) is -0.916. The van der Waals surface area contributed by atoms with E-state index in [0.717, 1.165) is 17.0 Å². The van der Waals surface area contributed by atoms with Gasteiger partial charge < -0.3 is 10.4 Å². The quantitative estimate of drug-likeness (QED) is 0.727. The lowest BCUT2D eigenvalue weighted by atomic mass is 9.89. The van der Waals surface area contributed by atoms with Gasteiger partial charge in [0.25, 0.3) is 5.91 Å². The van der Waals surface area contributed by atoms with Crippen molar-refractivity contribution < 1.29 is 27.9 Å². The van der Waals surface area contributed by atoms with Crippen LogP contribution in [0.3, 0.4) is 0 Å². The number of hydrogen-bond donors (Lipinski definition) is 2. The number of aliphatic hydroxyl groups is 1. The normalized spacial score (nSPS) is 19.3. The Labute approximate surface area is 169 Å². The molecule has 2 aromatic carbocycles. The number of hydrogen-bond acceptors (Lipinski definition) is 5. The van der Waals surface area contributed by atoms with Gasteiger partial charge in [-0.15, -0.1) is 0 Å². The van der Waals surface area contributed by atoms with Gasteiger partial charge in [-0.25, -0.2) is 9.69 Å². The van der Waals surface area contributed by atoms with Crippen LogP contribution in [0.2, 0.25) is 0 Å². The van der Waals surface area contributed by atoms with Gasteiger partial charge in [0, 0.05) is 0 Å². The predicted molar refractivity (Wildman–Crippen MR) is 100 cm³/mol. The number of halogens is 3. The fourth-order valence-electron chi connectivity index (χ4n) is 3.50. The predicted octanol–water partition coefficient (Wildman–Crippen LogP) is 2.41. The number of amides is 3. The van der Waals surface area contributed by atoms with Crippen molar-refractivity contribution in [2.45, 2.75) is 11.7 Å². The zero-order chi connectivity index (χ0) is 22.1. The van der Waals surface area contributed by atoms with Gasteiger partial charge in [0.2, 0.25) is 0 Å². The van der Waals surface area contributed by atoms with Crippen LogP contribution in [0.1, 0.15) is 16.7 Å². The van der Waals surface area contributed by atoms with E-state index in [1.807, 2.05) is 0 Å². The molecule has 0 aliphatic carbocycles. The Kier molecular flexibility index (Phi) is 5.52. The molecule has 2 N–H and O–H groups in total. The first-order valence-electron chi connectivity index (χ1n) is 8.81. The minimum atomic E-state index is -4.86. The van der Waals surface area contributed by atoms with Gasteiger partial charge in [-0.3, -0.25) is 9.69 Å². The lowest BCUT2D eigenvalue weighted by molar-refractivity contribution is -0.137. The highest BCUT2D eigenvalue weighted by Gasteiger charge is 2.58. The van der Waals surface area contributed by atoms with Crippen LogP contribution >= 0.6 is 0 Å². The summed E-state index contributed by atoms with van der Waals surface area (Å²) in [5, 5.41) is 21.9. The van der Waals surface area contributed by atoms with E-state index in [4.69, 9.17) is 5.26 Å². The maximum Gasteiger partial charge on any atom is 0.417 e. The molecule has 1 aliphatic rings. The second kappa shape index (κ2) is 7.78. The Balaban J connectivity index is 2.20. The third-order valence-corrected chi connectivity index (χ3v) is 4.92. The van der Waals surface area contributed by atoms with Crippen molar-refractivity contribution in [3.63, 3.8) is 0 Å². The van der Waals surface area contributed by atoms with Crippen molar-refractivity contribution in [3.8, 4) is 6.07 Å². The zero-order valence-corrected chi connectivity index (χ0v) is 15.8. The number of rotatable bonds is 5. The highest BCUT2D eigenvalue weighted by atomic mass is 19.4.